The molecule has 4 rings (SSSR count). The quantitative estimate of drug-likeness (QED) is 0.288. The highest BCUT2D eigenvalue weighted by Gasteiger charge is 2.20. The van der Waals surface area contributed by atoms with E-state index in [1.54, 1.807) is 36.4 Å². The molecule has 2 amide bonds. The van der Waals surface area contributed by atoms with Crippen molar-refractivity contribution in [3.05, 3.63) is 82.4 Å². The van der Waals surface area contributed by atoms with Crippen molar-refractivity contribution in [1.82, 2.24) is 4.98 Å². The maximum atomic E-state index is 13.3. The van der Waals surface area contributed by atoms with Crippen molar-refractivity contribution < 1.29 is 18.7 Å². The molecule has 1 aromatic heterocycles. The highest BCUT2D eigenvalue weighted by molar-refractivity contribution is 6.13. The Bertz CT molecular complexity index is 1460. The molecule has 0 aliphatic carbocycles. The third kappa shape index (κ3) is 5.30. The Morgan fingerprint density at radius 1 is 1.00 bits per heavy atom. The molecule has 180 valence electrons. The lowest BCUT2D eigenvalue weighted by Crippen LogP contribution is -2.39. The molecule has 0 aliphatic heterocycles. The molecule has 0 bridgehead atoms. The number of halogens is 1. The molecule has 0 aliphatic rings. The van der Waals surface area contributed by atoms with Gasteiger partial charge in [0, 0.05) is 22.1 Å². The first-order valence-corrected chi connectivity index (χ1v) is 11.1. The Balaban J connectivity index is 1.67. The van der Waals surface area contributed by atoms with Crippen LogP contribution in [0.1, 0.15) is 24.2 Å². The predicted molar refractivity (Wildman–Crippen MR) is 134 cm³/mol. The molecule has 0 saturated carbocycles. The SMILES string of the molecule is CC(C)OC[C@H](Nc1ccc(F)cc1)C(=O)Nc1ccc2c(=O)[nH]c3c(C(N)=O)cccc3c2c1. The van der Waals surface area contributed by atoms with E-state index in [1.165, 1.54) is 24.3 Å². The molecule has 0 radical (unpaired) electrons. The molecule has 3 aromatic carbocycles. The summed E-state index contributed by atoms with van der Waals surface area (Å²) in [6, 6.07) is 14.8. The van der Waals surface area contributed by atoms with Crippen LogP contribution in [-0.2, 0) is 9.53 Å². The normalized spacial score (nSPS) is 12.1. The van der Waals surface area contributed by atoms with E-state index >= 15 is 0 Å². The van der Waals surface area contributed by atoms with E-state index in [1.807, 2.05) is 13.8 Å². The standard InChI is InChI=1S/C26H25FN4O4/c1-14(2)35-13-22(29-16-8-6-15(27)7-9-16)26(34)30-17-10-11-19-21(12-17)18-4-3-5-20(24(28)32)23(18)31-25(19)33/h3-12,14,22,29H,13H2,1-2H3,(H2,28,32)(H,30,34)(H,31,33)/t22-/m0/s1. The van der Waals surface area contributed by atoms with Crippen LogP contribution in [0.4, 0.5) is 15.8 Å². The van der Waals surface area contributed by atoms with Gasteiger partial charge in [0.15, 0.2) is 0 Å². The molecule has 5 N–H and O–H groups in total. The van der Waals surface area contributed by atoms with Gasteiger partial charge < -0.3 is 26.1 Å². The third-order valence-corrected chi connectivity index (χ3v) is 5.49. The van der Waals surface area contributed by atoms with Crippen LogP contribution in [0, 0.1) is 5.82 Å². The van der Waals surface area contributed by atoms with Gasteiger partial charge >= 0.3 is 0 Å². The minimum absolute atomic E-state index is 0.0824. The van der Waals surface area contributed by atoms with Crippen LogP contribution < -0.4 is 21.9 Å². The number of carbonyl (C=O) groups excluding carboxylic acids is 2. The Hall–Kier alpha value is -4.24. The molecular formula is C26H25FN4O4. The van der Waals surface area contributed by atoms with Gasteiger partial charge in [0.2, 0.25) is 5.91 Å². The number of para-hydroxylation sites is 1. The molecule has 0 unspecified atom stereocenters. The van der Waals surface area contributed by atoms with Crippen LogP contribution >= 0.6 is 0 Å². The van der Waals surface area contributed by atoms with Gasteiger partial charge in [-0.25, -0.2) is 4.39 Å². The number of carbonyl (C=O) groups is 2. The van der Waals surface area contributed by atoms with Crippen molar-refractivity contribution in [3.8, 4) is 0 Å². The number of pyridine rings is 1. The molecule has 0 spiro atoms. The minimum atomic E-state index is -0.768. The van der Waals surface area contributed by atoms with Gasteiger partial charge in [-0.15, -0.1) is 0 Å². The average Bonchev–Trinajstić information content (AvgIpc) is 2.82. The molecule has 4 aromatic rings. The third-order valence-electron chi connectivity index (χ3n) is 5.49. The summed E-state index contributed by atoms with van der Waals surface area (Å²) < 4.78 is 18.9. The zero-order valence-corrected chi connectivity index (χ0v) is 19.2. The van der Waals surface area contributed by atoms with Crippen LogP contribution in [0.25, 0.3) is 21.7 Å². The summed E-state index contributed by atoms with van der Waals surface area (Å²) in [4.78, 5) is 40.3. The second-order valence-corrected chi connectivity index (χ2v) is 8.38. The molecular weight excluding hydrogens is 451 g/mol. The second kappa shape index (κ2) is 9.94. The summed E-state index contributed by atoms with van der Waals surface area (Å²) in [6.07, 6.45) is -0.0986. The van der Waals surface area contributed by atoms with E-state index in [9.17, 15) is 18.8 Å². The molecule has 1 atom stereocenters. The van der Waals surface area contributed by atoms with Crippen molar-refractivity contribution >= 4 is 44.9 Å². The fourth-order valence-electron chi connectivity index (χ4n) is 3.79. The van der Waals surface area contributed by atoms with Crippen LogP contribution in [0.3, 0.4) is 0 Å². The second-order valence-electron chi connectivity index (χ2n) is 8.38. The fraction of sp³-hybridized carbons (Fsp3) is 0.192. The van der Waals surface area contributed by atoms with Crippen LogP contribution in [0.2, 0.25) is 0 Å². The number of fused-ring (bicyclic) bond motifs is 3. The molecule has 8 nitrogen and oxygen atoms in total. The van der Waals surface area contributed by atoms with Crippen molar-refractivity contribution in [2.75, 3.05) is 17.2 Å². The lowest BCUT2D eigenvalue weighted by atomic mass is 10.0. The topological polar surface area (TPSA) is 126 Å². The summed E-state index contributed by atoms with van der Waals surface area (Å²) in [5.41, 5.74) is 6.64. The first kappa shape index (κ1) is 23.9. The molecule has 0 saturated heterocycles. The van der Waals surface area contributed by atoms with E-state index in [0.29, 0.717) is 33.1 Å². The van der Waals surface area contributed by atoms with Gasteiger partial charge in [0.25, 0.3) is 11.5 Å². The van der Waals surface area contributed by atoms with Gasteiger partial charge in [-0.3, -0.25) is 14.4 Å². The Morgan fingerprint density at radius 3 is 2.40 bits per heavy atom. The van der Waals surface area contributed by atoms with Crippen molar-refractivity contribution in [3.63, 3.8) is 0 Å². The number of hydrogen-bond acceptors (Lipinski definition) is 5. The summed E-state index contributed by atoms with van der Waals surface area (Å²) in [5, 5.41) is 7.51. The number of amides is 2. The van der Waals surface area contributed by atoms with Crippen molar-refractivity contribution in [2.45, 2.75) is 26.0 Å². The fourth-order valence-corrected chi connectivity index (χ4v) is 3.79. The van der Waals surface area contributed by atoms with E-state index < -0.39 is 11.9 Å². The maximum absolute atomic E-state index is 13.3. The number of benzene rings is 3. The summed E-state index contributed by atoms with van der Waals surface area (Å²) in [7, 11) is 0. The monoisotopic (exact) mass is 476 g/mol. The number of hydrogen-bond donors (Lipinski definition) is 4. The number of nitrogens with one attached hydrogen (secondary N) is 3. The predicted octanol–water partition coefficient (Wildman–Crippen LogP) is 3.76. The van der Waals surface area contributed by atoms with Gasteiger partial charge in [-0.1, -0.05) is 12.1 Å². The Morgan fingerprint density at radius 2 is 1.71 bits per heavy atom. The summed E-state index contributed by atoms with van der Waals surface area (Å²) in [5.74, 6) is -1.41. The largest absolute Gasteiger partial charge is 0.376 e. The van der Waals surface area contributed by atoms with Crippen LogP contribution in [0.5, 0.6) is 0 Å². The van der Waals surface area contributed by atoms with Gasteiger partial charge in [-0.2, -0.15) is 0 Å². The molecule has 1 heterocycles. The molecule has 9 heteroatoms. The minimum Gasteiger partial charge on any atom is -0.376 e. The summed E-state index contributed by atoms with van der Waals surface area (Å²) >= 11 is 0. The van der Waals surface area contributed by atoms with Gasteiger partial charge in [0.05, 0.1) is 23.8 Å². The van der Waals surface area contributed by atoms with E-state index in [-0.39, 0.29) is 35.6 Å². The number of H-pyrrole nitrogens is 1. The number of anilines is 2. The summed E-state index contributed by atoms with van der Waals surface area (Å²) in [6.45, 7) is 3.80. The Labute approximate surface area is 200 Å². The zero-order valence-electron chi connectivity index (χ0n) is 19.2. The number of aromatic amines is 1. The highest BCUT2D eigenvalue weighted by atomic mass is 19.1. The average molecular weight is 477 g/mol. The maximum Gasteiger partial charge on any atom is 0.256 e. The van der Waals surface area contributed by atoms with Crippen molar-refractivity contribution in [1.29, 1.82) is 0 Å². The first-order chi connectivity index (χ1) is 16.7. The van der Waals surface area contributed by atoms with Crippen molar-refractivity contribution in [2.24, 2.45) is 5.73 Å². The number of ether oxygens (including phenoxy) is 1. The van der Waals surface area contributed by atoms with Crippen LogP contribution in [-0.4, -0.2) is 35.6 Å². The number of nitrogens with two attached hydrogens (primary N) is 1. The van der Waals surface area contributed by atoms with E-state index in [2.05, 4.69) is 15.6 Å². The smallest absolute Gasteiger partial charge is 0.256 e. The van der Waals surface area contributed by atoms with Gasteiger partial charge in [0.1, 0.15) is 11.9 Å². The lowest BCUT2D eigenvalue weighted by molar-refractivity contribution is -0.118. The lowest BCUT2D eigenvalue weighted by Gasteiger charge is -2.21. The van der Waals surface area contributed by atoms with E-state index in [0.717, 1.165) is 0 Å². The highest BCUT2D eigenvalue weighted by Crippen LogP contribution is 2.26. The van der Waals surface area contributed by atoms with E-state index in [4.69, 9.17) is 10.5 Å². The number of rotatable bonds is 8. The number of primary amides is 1. The Kier molecular flexibility index (Phi) is 6.79. The number of aromatic nitrogens is 1. The zero-order chi connectivity index (χ0) is 25.1. The van der Waals surface area contributed by atoms with Crippen LogP contribution in [0.15, 0.2) is 65.5 Å². The van der Waals surface area contributed by atoms with Gasteiger partial charge in [-0.05, 0) is 67.8 Å². The molecule has 35 heavy (non-hydrogen) atoms. The first-order valence-electron chi connectivity index (χ1n) is 11.1. The molecule has 0 fully saturated rings.